The summed E-state index contributed by atoms with van der Waals surface area (Å²) in [4.78, 5) is 16.2. The fraction of sp³-hybridized carbons (Fsp3) is 0.294. The van der Waals surface area contributed by atoms with Crippen LogP contribution in [0.3, 0.4) is 0 Å². The summed E-state index contributed by atoms with van der Waals surface area (Å²) < 4.78 is 0. The molecule has 2 aromatic rings. The lowest BCUT2D eigenvalue weighted by atomic mass is 10.1. The van der Waals surface area contributed by atoms with Crippen molar-refractivity contribution in [3.05, 3.63) is 52.7 Å². The monoisotopic (exact) mass is 334 g/mol. The Morgan fingerprint density at radius 2 is 1.95 bits per heavy atom. The molecule has 0 aliphatic carbocycles. The molecule has 0 saturated heterocycles. The molecule has 2 rings (SSSR count). The third-order valence-electron chi connectivity index (χ3n) is 3.24. The average molecular weight is 335 g/mol. The predicted molar refractivity (Wildman–Crippen MR) is 93.8 cm³/mol. The third kappa shape index (κ3) is 5.04. The quantitative estimate of drug-likeness (QED) is 0.605. The molecule has 0 aliphatic rings. The first kappa shape index (κ1) is 16.8. The highest BCUT2D eigenvalue weighted by atomic mass is 35.5. The second kappa shape index (κ2) is 8.20. The van der Waals surface area contributed by atoms with Crippen molar-refractivity contribution in [3.63, 3.8) is 0 Å². The molecule has 1 aromatic heterocycles. The van der Waals surface area contributed by atoms with Gasteiger partial charge in [-0.15, -0.1) is 11.8 Å². The number of pyridine rings is 1. The number of anilines is 1. The number of carbonyl (C=O) groups is 1. The van der Waals surface area contributed by atoms with Crippen LogP contribution in [-0.4, -0.2) is 16.6 Å². The van der Waals surface area contributed by atoms with E-state index in [4.69, 9.17) is 11.6 Å². The minimum absolute atomic E-state index is 0.0575. The maximum atomic E-state index is 12.0. The molecule has 0 fully saturated rings. The van der Waals surface area contributed by atoms with Crippen LogP contribution >= 0.6 is 23.4 Å². The Kier molecular flexibility index (Phi) is 6.28. The number of halogens is 1. The number of amides is 1. The minimum Gasteiger partial charge on any atom is -0.326 e. The van der Waals surface area contributed by atoms with Crippen molar-refractivity contribution < 1.29 is 4.79 Å². The highest BCUT2D eigenvalue weighted by Gasteiger charge is 2.07. The predicted octanol–water partition coefficient (Wildman–Crippen LogP) is 4.86. The summed E-state index contributed by atoms with van der Waals surface area (Å²) in [7, 11) is 0. The van der Waals surface area contributed by atoms with E-state index in [1.54, 1.807) is 18.0 Å². The summed E-state index contributed by atoms with van der Waals surface area (Å²) >= 11 is 7.43. The van der Waals surface area contributed by atoms with Crippen molar-refractivity contribution in [2.45, 2.75) is 31.7 Å². The Hall–Kier alpha value is -1.52. The van der Waals surface area contributed by atoms with Crippen LogP contribution in [0.15, 0.2) is 41.6 Å². The van der Waals surface area contributed by atoms with Crippen LogP contribution < -0.4 is 5.32 Å². The molecule has 22 heavy (non-hydrogen) atoms. The van der Waals surface area contributed by atoms with E-state index in [1.165, 1.54) is 0 Å². The van der Waals surface area contributed by atoms with Crippen LogP contribution in [0.4, 0.5) is 5.69 Å². The molecule has 1 amide bonds. The van der Waals surface area contributed by atoms with E-state index < -0.39 is 0 Å². The number of aryl methyl sites for hydroxylation is 2. The van der Waals surface area contributed by atoms with Gasteiger partial charge in [-0.25, -0.2) is 4.98 Å². The van der Waals surface area contributed by atoms with Crippen molar-refractivity contribution in [1.29, 1.82) is 0 Å². The number of nitrogens with one attached hydrogen (secondary N) is 1. The highest BCUT2D eigenvalue weighted by Crippen LogP contribution is 2.21. The SMILES string of the molecule is Cc1cccc(C)c1NC(=O)CCCSc1ccc(Cl)cn1. The van der Waals surface area contributed by atoms with E-state index in [-0.39, 0.29) is 5.91 Å². The lowest BCUT2D eigenvalue weighted by Crippen LogP contribution is -2.13. The summed E-state index contributed by atoms with van der Waals surface area (Å²) in [6.07, 6.45) is 2.96. The Morgan fingerprint density at radius 1 is 1.23 bits per heavy atom. The van der Waals surface area contributed by atoms with Gasteiger partial charge in [0.1, 0.15) is 0 Å². The summed E-state index contributed by atoms with van der Waals surface area (Å²) in [5, 5.41) is 4.57. The molecule has 0 unspecified atom stereocenters. The molecule has 0 atom stereocenters. The van der Waals surface area contributed by atoms with Gasteiger partial charge in [-0.1, -0.05) is 29.8 Å². The van der Waals surface area contributed by atoms with Crippen molar-refractivity contribution in [1.82, 2.24) is 4.98 Å². The van der Waals surface area contributed by atoms with Crippen molar-refractivity contribution in [2.24, 2.45) is 0 Å². The van der Waals surface area contributed by atoms with Crippen LogP contribution in [-0.2, 0) is 4.79 Å². The van der Waals surface area contributed by atoms with E-state index in [0.29, 0.717) is 11.4 Å². The first-order chi connectivity index (χ1) is 10.6. The molecule has 116 valence electrons. The van der Waals surface area contributed by atoms with Crippen LogP contribution in [0, 0.1) is 13.8 Å². The van der Waals surface area contributed by atoms with E-state index in [9.17, 15) is 4.79 Å². The number of rotatable bonds is 6. The molecule has 3 nitrogen and oxygen atoms in total. The molecule has 0 spiro atoms. The first-order valence-electron chi connectivity index (χ1n) is 7.16. The van der Waals surface area contributed by atoms with Crippen LogP contribution in [0.5, 0.6) is 0 Å². The molecular formula is C17H19ClN2OS. The highest BCUT2D eigenvalue weighted by molar-refractivity contribution is 7.99. The van der Waals surface area contributed by atoms with Crippen LogP contribution in [0.25, 0.3) is 0 Å². The fourth-order valence-electron chi connectivity index (χ4n) is 2.07. The second-order valence-corrected chi connectivity index (χ2v) is 6.63. The molecule has 1 aromatic carbocycles. The third-order valence-corrected chi connectivity index (χ3v) is 4.50. The number of thioether (sulfide) groups is 1. The van der Waals surface area contributed by atoms with E-state index >= 15 is 0 Å². The number of nitrogens with zero attached hydrogens (tertiary/aromatic N) is 1. The zero-order valence-electron chi connectivity index (χ0n) is 12.7. The van der Waals surface area contributed by atoms with Gasteiger partial charge in [-0.05, 0) is 49.3 Å². The second-order valence-electron chi connectivity index (χ2n) is 5.08. The van der Waals surface area contributed by atoms with Gasteiger partial charge in [0.05, 0.1) is 10.0 Å². The number of para-hydroxylation sites is 1. The minimum atomic E-state index is 0.0575. The Morgan fingerprint density at radius 3 is 2.59 bits per heavy atom. The smallest absolute Gasteiger partial charge is 0.224 e. The summed E-state index contributed by atoms with van der Waals surface area (Å²) in [6, 6.07) is 9.72. The Balaban J connectivity index is 1.75. The van der Waals surface area contributed by atoms with Gasteiger partial charge in [-0.2, -0.15) is 0 Å². The number of aromatic nitrogens is 1. The van der Waals surface area contributed by atoms with Crippen molar-refractivity contribution >= 4 is 35.0 Å². The average Bonchev–Trinajstić information content (AvgIpc) is 2.49. The van der Waals surface area contributed by atoms with Gasteiger partial charge < -0.3 is 5.32 Å². The van der Waals surface area contributed by atoms with Gasteiger partial charge in [0.25, 0.3) is 0 Å². The molecule has 0 radical (unpaired) electrons. The van der Waals surface area contributed by atoms with Crippen molar-refractivity contribution in [2.75, 3.05) is 11.1 Å². The summed E-state index contributed by atoms with van der Waals surface area (Å²) in [6.45, 7) is 4.01. The molecule has 1 N–H and O–H groups in total. The van der Waals surface area contributed by atoms with E-state index in [2.05, 4.69) is 10.3 Å². The van der Waals surface area contributed by atoms with Gasteiger partial charge >= 0.3 is 0 Å². The molecule has 5 heteroatoms. The summed E-state index contributed by atoms with van der Waals surface area (Å²) in [5.74, 6) is 0.913. The lowest BCUT2D eigenvalue weighted by molar-refractivity contribution is -0.116. The number of hydrogen-bond donors (Lipinski definition) is 1. The molecule has 0 saturated carbocycles. The maximum absolute atomic E-state index is 12.0. The Labute approximate surface area is 140 Å². The van der Waals surface area contributed by atoms with Crippen molar-refractivity contribution in [3.8, 4) is 0 Å². The Bertz CT molecular complexity index is 623. The maximum Gasteiger partial charge on any atom is 0.224 e. The first-order valence-corrected chi connectivity index (χ1v) is 8.53. The standard InChI is InChI=1S/C17H19ClN2OS/c1-12-5-3-6-13(2)17(12)20-15(21)7-4-10-22-16-9-8-14(18)11-19-16/h3,5-6,8-9,11H,4,7,10H2,1-2H3,(H,20,21). The molecule has 1 heterocycles. The van der Waals surface area contributed by atoms with E-state index in [0.717, 1.165) is 34.0 Å². The number of carbonyl (C=O) groups excluding carboxylic acids is 1. The van der Waals surface area contributed by atoms with Crippen LogP contribution in [0.1, 0.15) is 24.0 Å². The normalized spacial score (nSPS) is 10.5. The van der Waals surface area contributed by atoms with Gasteiger partial charge in [-0.3, -0.25) is 4.79 Å². The number of benzene rings is 1. The lowest BCUT2D eigenvalue weighted by Gasteiger charge is -2.11. The fourth-order valence-corrected chi connectivity index (χ4v) is 2.97. The zero-order valence-corrected chi connectivity index (χ0v) is 14.3. The topological polar surface area (TPSA) is 42.0 Å². The van der Waals surface area contributed by atoms with Gasteiger partial charge in [0.15, 0.2) is 0 Å². The largest absolute Gasteiger partial charge is 0.326 e. The van der Waals surface area contributed by atoms with Gasteiger partial charge in [0.2, 0.25) is 5.91 Å². The molecule has 0 aliphatic heterocycles. The number of hydrogen-bond acceptors (Lipinski definition) is 3. The molecular weight excluding hydrogens is 316 g/mol. The summed E-state index contributed by atoms with van der Waals surface area (Å²) in [5.41, 5.74) is 3.11. The van der Waals surface area contributed by atoms with Crippen LogP contribution in [0.2, 0.25) is 5.02 Å². The molecule has 0 bridgehead atoms. The zero-order chi connectivity index (χ0) is 15.9. The van der Waals surface area contributed by atoms with E-state index in [1.807, 2.05) is 44.2 Å². The van der Waals surface area contributed by atoms with Gasteiger partial charge in [0, 0.05) is 18.3 Å².